The SMILES string of the molecule is CC[C@H](C)n1cc(/C=N\Nc2ncccc2[N+](=O)[O-])c2ccccc21. The lowest BCUT2D eigenvalue weighted by Crippen LogP contribution is -2.01. The van der Waals surface area contributed by atoms with Gasteiger partial charge in [0.15, 0.2) is 0 Å². The maximum atomic E-state index is 11.0. The highest BCUT2D eigenvalue weighted by Crippen LogP contribution is 2.25. The van der Waals surface area contributed by atoms with E-state index in [1.807, 2.05) is 18.2 Å². The number of aromatic nitrogens is 2. The van der Waals surface area contributed by atoms with Crippen LogP contribution in [0.15, 0.2) is 53.9 Å². The Morgan fingerprint density at radius 1 is 1.36 bits per heavy atom. The second kappa shape index (κ2) is 7.12. The molecule has 0 saturated carbocycles. The quantitative estimate of drug-likeness (QED) is 0.411. The third-order valence-corrected chi connectivity index (χ3v) is 4.19. The Balaban J connectivity index is 1.91. The molecule has 25 heavy (non-hydrogen) atoms. The highest BCUT2D eigenvalue weighted by atomic mass is 16.6. The minimum Gasteiger partial charge on any atom is -0.344 e. The van der Waals surface area contributed by atoms with E-state index in [2.05, 4.69) is 46.2 Å². The summed E-state index contributed by atoms with van der Waals surface area (Å²) in [5, 5.41) is 16.2. The maximum Gasteiger partial charge on any atom is 0.313 e. The predicted octanol–water partition coefficient (Wildman–Crippen LogP) is 4.36. The van der Waals surface area contributed by atoms with E-state index < -0.39 is 4.92 Å². The Labute approximate surface area is 145 Å². The Hall–Kier alpha value is -3.22. The zero-order valence-electron chi connectivity index (χ0n) is 14.1. The van der Waals surface area contributed by atoms with Gasteiger partial charge in [-0.1, -0.05) is 25.1 Å². The first-order valence-electron chi connectivity index (χ1n) is 8.10. The minimum absolute atomic E-state index is 0.110. The van der Waals surface area contributed by atoms with E-state index in [0.717, 1.165) is 22.9 Å². The van der Waals surface area contributed by atoms with Crippen LogP contribution in [0.2, 0.25) is 0 Å². The molecule has 0 spiro atoms. The molecule has 128 valence electrons. The van der Waals surface area contributed by atoms with E-state index in [4.69, 9.17) is 0 Å². The fourth-order valence-corrected chi connectivity index (χ4v) is 2.69. The van der Waals surface area contributed by atoms with E-state index in [9.17, 15) is 10.1 Å². The molecule has 0 aliphatic rings. The summed E-state index contributed by atoms with van der Waals surface area (Å²) in [7, 11) is 0. The molecule has 1 atom stereocenters. The number of nitro groups is 1. The molecule has 7 heteroatoms. The van der Waals surface area contributed by atoms with Crippen molar-refractivity contribution in [3.8, 4) is 0 Å². The smallest absolute Gasteiger partial charge is 0.313 e. The monoisotopic (exact) mass is 337 g/mol. The second-order valence-corrected chi connectivity index (χ2v) is 5.76. The van der Waals surface area contributed by atoms with Gasteiger partial charge < -0.3 is 4.57 Å². The van der Waals surface area contributed by atoms with Crippen LogP contribution in [0.5, 0.6) is 0 Å². The summed E-state index contributed by atoms with van der Waals surface area (Å²) in [6.45, 7) is 4.32. The van der Waals surface area contributed by atoms with Crippen molar-refractivity contribution in [2.45, 2.75) is 26.3 Å². The Bertz CT molecular complexity index is 932. The lowest BCUT2D eigenvalue weighted by Gasteiger charge is -2.12. The first kappa shape index (κ1) is 16.6. The molecule has 0 amide bonds. The van der Waals surface area contributed by atoms with Crippen molar-refractivity contribution in [2.24, 2.45) is 5.10 Å². The van der Waals surface area contributed by atoms with E-state index in [1.165, 1.54) is 18.3 Å². The molecule has 0 bridgehead atoms. The number of para-hydroxylation sites is 1. The van der Waals surface area contributed by atoms with Gasteiger partial charge in [0.05, 0.1) is 11.1 Å². The standard InChI is InChI=1S/C18H19N5O2/c1-3-13(2)22-12-14(15-7-4-5-8-16(15)22)11-20-21-18-17(23(24)25)9-6-10-19-18/h4-13H,3H2,1-2H3,(H,19,21)/b20-11-/t13-/m0/s1. The van der Waals surface area contributed by atoms with Gasteiger partial charge in [0.2, 0.25) is 5.82 Å². The molecule has 0 aliphatic heterocycles. The van der Waals surface area contributed by atoms with E-state index in [1.54, 1.807) is 6.21 Å². The van der Waals surface area contributed by atoms with Crippen molar-refractivity contribution in [3.63, 3.8) is 0 Å². The number of hydrogen-bond acceptors (Lipinski definition) is 5. The molecule has 1 N–H and O–H groups in total. The molecule has 3 aromatic rings. The zero-order valence-corrected chi connectivity index (χ0v) is 14.1. The van der Waals surface area contributed by atoms with Gasteiger partial charge in [0.25, 0.3) is 0 Å². The lowest BCUT2D eigenvalue weighted by atomic mass is 10.2. The number of hydrazone groups is 1. The van der Waals surface area contributed by atoms with Crippen molar-refractivity contribution >= 4 is 28.6 Å². The summed E-state index contributed by atoms with van der Waals surface area (Å²) in [5.41, 5.74) is 4.65. The van der Waals surface area contributed by atoms with Gasteiger partial charge in [-0.2, -0.15) is 5.10 Å². The van der Waals surface area contributed by atoms with Gasteiger partial charge in [-0.15, -0.1) is 0 Å². The van der Waals surface area contributed by atoms with Crippen LogP contribution in [0.25, 0.3) is 10.9 Å². The fraction of sp³-hybridized carbons (Fsp3) is 0.222. The Morgan fingerprint density at radius 2 is 2.16 bits per heavy atom. The third-order valence-electron chi connectivity index (χ3n) is 4.19. The molecular weight excluding hydrogens is 318 g/mol. The molecule has 2 heterocycles. The van der Waals surface area contributed by atoms with E-state index in [-0.39, 0.29) is 11.5 Å². The summed E-state index contributed by atoms with van der Waals surface area (Å²) in [6, 6.07) is 11.4. The molecular formula is C18H19N5O2. The van der Waals surface area contributed by atoms with Gasteiger partial charge in [0.1, 0.15) is 0 Å². The zero-order chi connectivity index (χ0) is 17.8. The average Bonchev–Trinajstić information content (AvgIpc) is 3.00. The van der Waals surface area contributed by atoms with Crippen LogP contribution in [0.3, 0.4) is 0 Å². The van der Waals surface area contributed by atoms with Crippen molar-refractivity contribution in [2.75, 3.05) is 5.43 Å². The topological polar surface area (TPSA) is 85.3 Å². The number of pyridine rings is 1. The van der Waals surface area contributed by atoms with Crippen molar-refractivity contribution < 1.29 is 4.92 Å². The van der Waals surface area contributed by atoms with Gasteiger partial charge in [-0.25, -0.2) is 4.98 Å². The van der Waals surface area contributed by atoms with E-state index >= 15 is 0 Å². The number of nitrogens with one attached hydrogen (secondary N) is 1. The minimum atomic E-state index is -0.486. The predicted molar refractivity (Wildman–Crippen MR) is 99.0 cm³/mol. The molecule has 0 aliphatic carbocycles. The Kier molecular flexibility index (Phi) is 4.74. The largest absolute Gasteiger partial charge is 0.344 e. The van der Waals surface area contributed by atoms with Gasteiger partial charge in [0, 0.05) is 41.0 Å². The average molecular weight is 337 g/mol. The highest BCUT2D eigenvalue weighted by molar-refractivity contribution is 5.99. The third kappa shape index (κ3) is 3.35. The van der Waals surface area contributed by atoms with Crippen LogP contribution in [-0.4, -0.2) is 20.7 Å². The number of benzene rings is 1. The molecule has 0 radical (unpaired) electrons. The van der Waals surface area contributed by atoms with Crippen molar-refractivity contribution in [1.82, 2.24) is 9.55 Å². The number of nitrogens with zero attached hydrogens (tertiary/aromatic N) is 4. The second-order valence-electron chi connectivity index (χ2n) is 5.76. The first-order chi connectivity index (χ1) is 12.1. The number of anilines is 1. The van der Waals surface area contributed by atoms with Crippen LogP contribution in [-0.2, 0) is 0 Å². The molecule has 3 rings (SSSR count). The Morgan fingerprint density at radius 3 is 2.92 bits per heavy atom. The molecule has 1 aromatic carbocycles. The lowest BCUT2D eigenvalue weighted by molar-refractivity contribution is -0.384. The van der Waals surface area contributed by atoms with Crippen LogP contribution in [0, 0.1) is 10.1 Å². The number of rotatable bonds is 6. The molecule has 7 nitrogen and oxygen atoms in total. The normalized spacial score (nSPS) is 12.6. The molecule has 0 unspecified atom stereocenters. The van der Waals surface area contributed by atoms with Crippen LogP contribution < -0.4 is 5.43 Å². The summed E-state index contributed by atoms with van der Waals surface area (Å²) < 4.78 is 2.22. The van der Waals surface area contributed by atoms with Gasteiger partial charge in [-0.05, 0) is 25.5 Å². The van der Waals surface area contributed by atoms with Crippen molar-refractivity contribution in [3.05, 3.63) is 64.5 Å². The van der Waals surface area contributed by atoms with Crippen molar-refractivity contribution in [1.29, 1.82) is 0 Å². The van der Waals surface area contributed by atoms with Gasteiger partial charge >= 0.3 is 5.69 Å². The van der Waals surface area contributed by atoms with Crippen LogP contribution >= 0.6 is 0 Å². The van der Waals surface area contributed by atoms with Gasteiger partial charge in [-0.3, -0.25) is 15.5 Å². The van der Waals surface area contributed by atoms with Crippen LogP contribution in [0.4, 0.5) is 11.5 Å². The summed E-state index contributed by atoms with van der Waals surface area (Å²) in [5.74, 6) is 0.120. The fourth-order valence-electron chi connectivity index (χ4n) is 2.69. The molecule has 2 aromatic heterocycles. The number of fused-ring (bicyclic) bond motifs is 1. The first-order valence-corrected chi connectivity index (χ1v) is 8.10. The summed E-state index contributed by atoms with van der Waals surface area (Å²) in [6.07, 6.45) is 6.23. The molecule has 0 fully saturated rings. The number of hydrogen-bond donors (Lipinski definition) is 1. The summed E-state index contributed by atoms with van der Waals surface area (Å²) >= 11 is 0. The summed E-state index contributed by atoms with van der Waals surface area (Å²) in [4.78, 5) is 14.5. The van der Waals surface area contributed by atoms with E-state index in [0.29, 0.717) is 6.04 Å². The molecule has 0 saturated heterocycles. The highest BCUT2D eigenvalue weighted by Gasteiger charge is 2.13. The maximum absolute atomic E-state index is 11.0. The van der Waals surface area contributed by atoms with Crippen LogP contribution in [0.1, 0.15) is 31.9 Å².